The van der Waals surface area contributed by atoms with Gasteiger partial charge in [0.1, 0.15) is 11.8 Å². The number of esters is 1. The molecule has 2 aromatic carbocycles. The van der Waals surface area contributed by atoms with Crippen molar-refractivity contribution in [1.29, 1.82) is 0 Å². The molecule has 0 bridgehead atoms. The fourth-order valence-corrected chi connectivity index (χ4v) is 5.52. The number of hydrogen-bond donors (Lipinski definition) is 1. The van der Waals surface area contributed by atoms with E-state index in [4.69, 9.17) is 42.4 Å². The normalized spacial score (nSPS) is 16.8. The van der Waals surface area contributed by atoms with Crippen molar-refractivity contribution in [2.75, 3.05) is 13.4 Å². The second kappa shape index (κ2) is 9.07. The van der Waals surface area contributed by atoms with Gasteiger partial charge in [-0.1, -0.05) is 40.6 Å². The first-order chi connectivity index (χ1) is 16.8. The number of hydrogen-bond acceptors (Lipinski definition) is 8. The number of thiazole rings is 1. The second-order valence-electron chi connectivity index (χ2n) is 7.72. The number of aromatic hydroxyl groups is 1. The summed E-state index contributed by atoms with van der Waals surface area (Å²) in [4.78, 5) is 31.5. The largest absolute Gasteiger partial charge is 0.506 e. The quantitative estimate of drug-likeness (QED) is 0.515. The van der Waals surface area contributed by atoms with Gasteiger partial charge < -0.3 is 19.3 Å². The number of halogens is 2. The third-order valence-electron chi connectivity index (χ3n) is 5.60. The van der Waals surface area contributed by atoms with Gasteiger partial charge in [-0.2, -0.15) is 0 Å². The van der Waals surface area contributed by atoms with Crippen molar-refractivity contribution >= 4 is 52.3 Å². The molecule has 8 nitrogen and oxygen atoms in total. The molecule has 0 aliphatic carbocycles. The Morgan fingerprint density at radius 3 is 2.83 bits per heavy atom. The zero-order valence-electron chi connectivity index (χ0n) is 18.5. The van der Waals surface area contributed by atoms with Crippen LogP contribution in [0.5, 0.6) is 17.2 Å². The van der Waals surface area contributed by atoms with Crippen molar-refractivity contribution in [3.8, 4) is 17.2 Å². The van der Waals surface area contributed by atoms with Crippen molar-refractivity contribution in [2.45, 2.75) is 19.9 Å². The average Bonchev–Trinajstić information content (AvgIpc) is 3.41. The molecular formula is C24H18Cl2N2O6S. The Morgan fingerprint density at radius 2 is 2.06 bits per heavy atom. The van der Waals surface area contributed by atoms with Gasteiger partial charge in [0.2, 0.25) is 6.79 Å². The van der Waals surface area contributed by atoms with Crippen LogP contribution in [0.15, 0.2) is 45.7 Å². The molecule has 0 spiro atoms. The molecule has 0 unspecified atom stereocenters. The van der Waals surface area contributed by atoms with Crippen molar-refractivity contribution in [1.82, 2.24) is 4.57 Å². The molecule has 5 rings (SSSR count). The van der Waals surface area contributed by atoms with E-state index in [0.717, 1.165) is 11.3 Å². The van der Waals surface area contributed by atoms with Crippen LogP contribution in [0.2, 0.25) is 10.0 Å². The van der Waals surface area contributed by atoms with Gasteiger partial charge in [0, 0.05) is 16.3 Å². The minimum atomic E-state index is -0.719. The fraction of sp³-hybridized carbons (Fsp3) is 0.208. The number of aromatic nitrogens is 1. The van der Waals surface area contributed by atoms with Crippen molar-refractivity contribution in [3.63, 3.8) is 0 Å². The molecular weight excluding hydrogens is 515 g/mol. The molecule has 0 saturated carbocycles. The summed E-state index contributed by atoms with van der Waals surface area (Å²) in [5.74, 6) is 0.398. The Bertz CT molecular complexity index is 1590. The summed E-state index contributed by atoms with van der Waals surface area (Å²) in [6.07, 6.45) is 1.49. The number of phenolic OH excluding ortho intramolecular Hbond substituents is 1. The van der Waals surface area contributed by atoms with E-state index in [1.807, 2.05) is 0 Å². The number of fused-ring (bicyclic) bond motifs is 2. The first-order valence-electron chi connectivity index (χ1n) is 10.6. The maximum atomic E-state index is 13.3. The lowest BCUT2D eigenvalue weighted by Gasteiger charge is -2.22. The zero-order chi connectivity index (χ0) is 24.9. The number of phenols is 1. The Morgan fingerprint density at radius 1 is 1.29 bits per heavy atom. The van der Waals surface area contributed by atoms with E-state index in [1.165, 1.54) is 22.8 Å². The van der Waals surface area contributed by atoms with Crippen molar-refractivity contribution in [2.24, 2.45) is 4.99 Å². The maximum Gasteiger partial charge on any atom is 0.338 e. The number of benzene rings is 2. The second-order valence-corrected chi connectivity index (χ2v) is 9.58. The van der Waals surface area contributed by atoms with Gasteiger partial charge in [-0.25, -0.2) is 9.79 Å². The molecule has 1 atom stereocenters. The fourth-order valence-electron chi connectivity index (χ4n) is 3.98. The minimum Gasteiger partial charge on any atom is -0.506 e. The van der Waals surface area contributed by atoms with E-state index in [2.05, 4.69) is 0 Å². The predicted molar refractivity (Wildman–Crippen MR) is 132 cm³/mol. The van der Waals surface area contributed by atoms with Gasteiger partial charge in [-0.15, -0.1) is 0 Å². The van der Waals surface area contributed by atoms with Crippen LogP contribution in [0.4, 0.5) is 0 Å². The van der Waals surface area contributed by atoms with Crippen LogP contribution >= 0.6 is 34.5 Å². The monoisotopic (exact) mass is 532 g/mol. The summed E-state index contributed by atoms with van der Waals surface area (Å²) in [6.45, 7) is 3.67. The Balaban J connectivity index is 1.73. The molecule has 0 fully saturated rings. The van der Waals surface area contributed by atoms with Gasteiger partial charge in [0.25, 0.3) is 5.56 Å². The topological polar surface area (TPSA) is 99.4 Å². The zero-order valence-corrected chi connectivity index (χ0v) is 20.8. The molecule has 3 aromatic rings. The van der Waals surface area contributed by atoms with Crippen LogP contribution in [0.3, 0.4) is 0 Å². The Hall–Kier alpha value is -3.27. The summed E-state index contributed by atoms with van der Waals surface area (Å²) in [5.41, 5.74) is 1.24. The lowest BCUT2D eigenvalue weighted by atomic mass is 9.96. The van der Waals surface area contributed by atoms with E-state index in [1.54, 1.807) is 32.0 Å². The van der Waals surface area contributed by atoms with E-state index >= 15 is 0 Å². The van der Waals surface area contributed by atoms with Crippen LogP contribution < -0.4 is 24.4 Å². The molecule has 2 aliphatic heterocycles. The van der Waals surface area contributed by atoms with Crippen molar-refractivity contribution < 1.29 is 24.1 Å². The standard InChI is InChI=1S/C24H18Cl2N2O6S/c1-3-32-23(31)19-11(2)28-22(30)18(8-13-6-14(25)9-15(26)21(13)29)35-24(28)27-20(19)12-4-5-16-17(7-12)34-10-33-16/h4-9,20,29H,3,10H2,1-2H3/b18-8-/t20-/m1/s1. The molecule has 2 aliphatic rings. The smallest absolute Gasteiger partial charge is 0.338 e. The van der Waals surface area contributed by atoms with Crippen LogP contribution in [0, 0.1) is 0 Å². The van der Waals surface area contributed by atoms with Crippen LogP contribution in [-0.2, 0) is 9.53 Å². The highest BCUT2D eigenvalue weighted by molar-refractivity contribution is 7.07. The molecule has 11 heteroatoms. The molecule has 0 radical (unpaired) electrons. The maximum absolute atomic E-state index is 13.3. The van der Waals surface area contributed by atoms with Crippen LogP contribution in [0.1, 0.15) is 31.0 Å². The highest BCUT2D eigenvalue weighted by Crippen LogP contribution is 2.39. The van der Waals surface area contributed by atoms with Gasteiger partial charge in [-0.05, 0) is 49.8 Å². The number of rotatable bonds is 4. The SMILES string of the molecule is CCOC(=O)C1=C(C)n2c(s/c(=C\c3cc(Cl)cc(Cl)c3O)c2=O)=N[C@@H]1c1ccc2c(c1)OCO2. The van der Waals surface area contributed by atoms with Gasteiger partial charge >= 0.3 is 5.97 Å². The highest BCUT2D eigenvalue weighted by Gasteiger charge is 2.32. The Labute approximate surface area is 212 Å². The molecule has 0 saturated heterocycles. The first-order valence-corrected chi connectivity index (χ1v) is 12.1. The van der Waals surface area contributed by atoms with Crippen molar-refractivity contribution in [3.05, 3.63) is 76.8 Å². The predicted octanol–water partition coefficient (Wildman–Crippen LogP) is 3.65. The van der Waals surface area contributed by atoms with E-state index < -0.39 is 17.6 Å². The molecule has 1 aromatic heterocycles. The molecule has 3 heterocycles. The number of carbonyl (C=O) groups is 1. The number of allylic oxidation sites excluding steroid dienone is 1. The van der Waals surface area contributed by atoms with E-state index in [-0.39, 0.29) is 34.3 Å². The average molecular weight is 533 g/mol. The Kier molecular flexibility index (Phi) is 6.08. The van der Waals surface area contributed by atoms with E-state index in [9.17, 15) is 14.7 Å². The lowest BCUT2D eigenvalue weighted by Crippen LogP contribution is -2.35. The summed E-state index contributed by atoms with van der Waals surface area (Å²) < 4.78 is 17.8. The minimum absolute atomic E-state index is 0.0680. The molecule has 0 amide bonds. The number of carbonyl (C=O) groups excluding carboxylic acids is 1. The van der Waals surface area contributed by atoms with E-state index in [0.29, 0.717) is 38.1 Å². The third kappa shape index (κ3) is 4.09. The molecule has 1 N–H and O–H groups in total. The summed E-state index contributed by atoms with van der Waals surface area (Å²) in [5, 5.41) is 10.7. The van der Waals surface area contributed by atoms with Gasteiger partial charge in [0.15, 0.2) is 16.3 Å². The van der Waals surface area contributed by atoms with Crippen LogP contribution in [0.25, 0.3) is 11.8 Å². The lowest BCUT2D eigenvalue weighted by molar-refractivity contribution is -0.138. The molecule has 35 heavy (non-hydrogen) atoms. The first kappa shape index (κ1) is 23.5. The molecule has 180 valence electrons. The summed E-state index contributed by atoms with van der Waals surface area (Å²) in [7, 11) is 0. The number of nitrogens with zero attached hydrogens (tertiary/aromatic N) is 2. The number of ether oxygens (including phenoxy) is 3. The third-order valence-corrected chi connectivity index (χ3v) is 7.09. The van der Waals surface area contributed by atoms with Gasteiger partial charge in [-0.3, -0.25) is 9.36 Å². The highest BCUT2D eigenvalue weighted by atomic mass is 35.5. The van der Waals surface area contributed by atoms with Crippen LogP contribution in [-0.4, -0.2) is 29.0 Å². The van der Waals surface area contributed by atoms with Gasteiger partial charge in [0.05, 0.1) is 21.7 Å². The summed E-state index contributed by atoms with van der Waals surface area (Å²) in [6, 6.07) is 7.52. The summed E-state index contributed by atoms with van der Waals surface area (Å²) >= 11 is 13.2.